The van der Waals surface area contributed by atoms with Crippen molar-refractivity contribution in [1.82, 2.24) is 10.2 Å². The highest BCUT2D eigenvalue weighted by Gasteiger charge is 2.62. The second kappa shape index (κ2) is 3.06. The van der Waals surface area contributed by atoms with Crippen molar-refractivity contribution < 1.29 is 14.4 Å². The molecule has 1 saturated heterocycles. The van der Waals surface area contributed by atoms with Gasteiger partial charge in [-0.1, -0.05) is 20.8 Å². The molecule has 0 atom stereocenters. The molecule has 0 aromatic heterocycles. The van der Waals surface area contributed by atoms with E-state index in [2.05, 4.69) is 5.32 Å². The minimum atomic E-state index is -0.918. The summed E-state index contributed by atoms with van der Waals surface area (Å²) in [5, 5.41) is 2.26. The number of urea groups is 1. The molecule has 5 heteroatoms. The molecule has 2 rings (SSSR count). The predicted molar refractivity (Wildman–Crippen MR) is 56.4 cm³/mol. The van der Waals surface area contributed by atoms with Crippen LogP contribution < -0.4 is 5.32 Å². The Hall–Kier alpha value is -1.39. The first kappa shape index (κ1) is 11.1. The zero-order chi connectivity index (χ0) is 12.1. The number of hydrogen-bond donors (Lipinski definition) is 1. The summed E-state index contributed by atoms with van der Waals surface area (Å²) in [4.78, 5) is 36.3. The molecule has 1 heterocycles. The summed E-state index contributed by atoms with van der Waals surface area (Å²) in [7, 11) is 0. The van der Waals surface area contributed by atoms with E-state index in [9.17, 15) is 14.4 Å². The van der Waals surface area contributed by atoms with Crippen molar-refractivity contribution in [2.24, 2.45) is 10.8 Å². The zero-order valence-electron chi connectivity index (χ0n) is 9.79. The van der Waals surface area contributed by atoms with Crippen LogP contribution >= 0.6 is 0 Å². The van der Waals surface area contributed by atoms with Gasteiger partial charge in [-0.15, -0.1) is 0 Å². The monoisotopic (exact) mass is 224 g/mol. The third kappa shape index (κ3) is 1.60. The number of hydrogen-bond acceptors (Lipinski definition) is 3. The summed E-state index contributed by atoms with van der Waals surface area (Å²) in [5.41, 5.74) is -1.08. The van der Waals surface area contributed by atoms with Crippen LogP contribution in [0.15, 0.2) is 0 Å². The normalized spacial score (nSPS) is 23.7. The van der Waals surface area contributed by atoms with Crippen LogP contribution in [0.2, 0.25) is 0 Å². The van der Waals surface area contributed by atoms with E-state index >= 15 is 0 Å². The molecule has 1 N–H and O–H groups in total. The van der Waals surface area contributed by atoms with Gasteiger partial charge in [0, 0.05) is 6.54 Å². The number of imide groups is 2. The van der Waals surface area contributed by atoms with E-state index in [0.29, 0.717) is 19.4 Å². The molecule has 2 fully saturated rings. The smallest absolute Gasteiger partial charge is 0.277 e. The maximum Gasteiger partial charge on any atom is 0.330 e. The van der Waals surface area contributed by atoms with Crippen molar-refractivity contribution in [3.05, 3.63) is 0 Å². The number of nitrogens with zero attached hydrogens (tertiary/aromatic N) is 1. The molecule has 1 spiro atoms. The SMILES string of the molecule is CC(C)(C)CN1C(=O)NC(=O)C2(CC2)C1=O. The van der Waals surface area contributed by atoms with E-state index in [4.69, 9.17) is 0 Å². The van der Waals surface area contributed by atoms with E-state index in [1.54, 1.807) is 0 Å². The number of rotatable bonds is 1. The van der Waals surface area contributed by atoms with Crippen molar-refractivity contribution in [1.29, 1.82) is 0 Å². The van der Waals surface area contributed by atoms with Gasteiger partial charge in [-0.25, -0.2) is 4.79 Å². The fourth-order valence-electron chi connectivity index (χ4n) is 1.92. The lowest BCUT2D eigenvalue weighted by atomic mass is 9.94. The molecule has 1 aliphatic carbocycles. The summed E-state index contributed by atoms with van der Waals surface area (Å²) < 4.78 is 0. The molecule has 0 aromatic rings. The van der Waals surface area contributed by atoms with Gasteiger partial charge in [0.1, 0.15) is 5.41 Å². The van der Waals surface area contributed by atoms with Crippen molar-refractivity contribution >= 4 is 17.8 Å². The Balaban J connectivity index is 2.22. The third-order valence-electron chi connectivity index (χ3n) is 2.94. The van der Waals surface area contributed by atoms with Crippen LogP contribution in [-0.4, -0.2) is 29.3 Å². The fourth-order valence-corrected chi connectivity index (χ4v) is 1.92. The summed E-state index contributed by atoms with van der Waals surface area (Å²) in [6, 6.07) is -0.581. The van der Waals surface area contributed by atoms with E-state index < -0.39 is 17.4 Å². The van der Waals surface area contributed by atoms with E-state index in [0.717, 1.165) is 0 Å². The van der Waals surface area contributed by atoms with Gasteiger partial charge in [-0.05, 0) is 18.3 Å². The predicted octanol–water partition coefficient (Wildman–Crippen LogP) is 0.891. The molecule has 0 radical (unpaired) electrons. The van der Waals surface area contributed by atoms with Crippen molar-refractivity contribution in [2.45, 2.75) is 33.6 Å². The Morgan fingerprint density at radius 3 is 2.25 bits per heavy atom. The molecular weight excluding hydrogens is 208 g/mol. The first-order valence-corrected chi connectivity index (χ1v) is 5.44. The number of barbiturate groups is 1. The van der Waals surface area contributed by atoms with Crippen LogP contribution in [0.5, 0.6) is 0 Å². The average molecular weight is 224 g/mol. The highest BCUT2D eigenvalue weighted by Crippen LogP contribution is 2.49. The van der Waals surface area contributed by atoms with E-state index in [1.165, 1.54) is 4.90 Å². The van der Waals surface area contributed by atoms with Crippen LogP contribution in [-0.2, 0) is 9.59 Å². The number of carbonyl (C=O) groups is 3. The van der Waals surface area contributed by atoms with Gasteiger partial charge >= 0.3 is 6.03 Å². The minimum Gasteiger partial charge on any atom is -0.277 e. The molecule has 1 saturated carbocycles. The van der Waals surface area contributed by atoms with E-state index in [1.807, 2.05) is 20.8 Å². The highest BCUT2D eigenvalue weighted by molar-refractivity contribution is 6.20. The number of carbonyl (C=O) groups excluding carboxylic acids is 3. The molecule has 0 bridgehead atoms. The molecule has 0 aromatic carbocycles. The lowest BCUT2D eigenvalue weighted by Crippen LogP contribution is -2.60. The largest absolute Gasteiger partial charge is 0.330 e. The van der Waals surface area contributed by atoms with Crippen molar-refractivity contribution in [2.75, 3.05) is 6.54 Å². The molecule has 5 nitrogen and oxygen atoms in total. The zero-order valence-corrected chi connectivity index (χ0v) is 9.79. The van der Waals surface area contributed by atoms with Gasteiger partial charge in [-0.3, -0.25) is 19.8 Å². The minimum absolute atomic E-state index is 0.163. The molecule has 0 unspecified atom stereocenters. The quantitative estimate of drug-likeness (QED) is 0.673. The van der Waals surface area contributed by atoms with Gasteiger partial charge in [0.2, 0.25) is 11.8 Å². The summed E-state index contributed by atoms with van der Waals surface area (Å²) in [5.74, 6) is -0.746. The van der Waals surface area contributed by atoms with E-state index in [-0.39, 0.29) is 11.3 Å². The van der Waals surface area contributed by atoms with Crippen LogP contribution in [0.3, 0.4) is 0 Å². The first-order chi connectivity index (χ1) is 7.26. The van der Waals surface area contributed by atoms with Gasteiger partial charge < -0.3 is 0 Å². The van der Waals surface area contributed by atoms with Crippen LogP contribution in [0.25, 0.3) is 0 Å². The van der Waals surface area contributed by atoms with Crippen molar-refractivity contribution in [3.63, 3.8) is 0 Å². The van der Waals surface area contributed by atoms with Crippen molar-refractivity contribution in [3.8, 4) is 0 Å². The van der Waals surface area contributed by atoms with Gasteiger partial charge in [-0.2, -0.15) is 0 Å². The second-order valence-electron chi connectivity index (χ2n) is 5.79. The lowest BCUT2D eigenvalue weighted by Gasteiger charge is -2.34. The Morgan fingerprint density at radius 2 is 1.81 bits per heavy atom. The highest BCUT2D eigenvalue weighted by atomic mass is 16.2. The Morgan fingerprint density at radius 1 is 1.25 bits per heavy atom. The first-order valence-electron chi connectivity index (χ1n) is 5.44. The third-order valence-corrected chi connectivity index (χ3v) is 2.94. The summed E-state index contributed by atoms with van der Waals surface area (Å²) in [6.45, 7) is 6.18. The topological polar surface area (TPSA) is 66.5 Å². The lowest BCUT2D eigenvalue weighted by molar-refractivity contribution is -0.145. The standard InChI is InChI=1S/C11H16N2O3/c1-10(2,3)6-13-8(15)11(4-5-11)7(14)12-9(13)16/h4-6H2,1-3H3,(H,12,14,16). The molecule has 88 valence electrons. The fraction of sp³-hybridized carbons (Fsp3) is 0.727. The second-order valence-corrected chi connectivity index (χ2v) is 5.79. The Kier molecular flexibility index (Phi) is 2.12. The maximum absolute atomic E-state index is 12.1. The average Bonchev–Trinajstić information content (AvgIpc) is 2.90. The molecule has 2 aliphatic rings. The van der Waals surface area contributed by atoms with Crippen LogP contribution in [0.1, 0.15) is 33.6 Å². The van der Waals surface area contributed by atoms with Gasteiger partial charge in [0.25, 0.3) is 0 Å². The van der Waals surface area contributed by atoms with Gasteiger partial charge in [0.05, 0.1) is 0 Å². The molecule has 4 amide bonds. The number of nitrogens with one attached hydrogen (secondary N) is 1. The van der Waals surface area contributed by atoms with Crippen LogP contribution in [0.4, 0.5) is 4.79 Å². The van der Waals surface area contributed by atoms with Gasteiger partial charge in [0.15, 0.2) is 0 Å². The number of amides is 4. The Labute approximate surface area is 94.2 Å². The maximum atomic E-state index is 12.1. The molecule has 16 heavy (non-hydrogen) atoms. The summed E-state index contributed by atoms with van der Waals surface area (Å²) in [6.07, 6.45) is 1.12. The Bertz CT molecular complexity index is 377. The summed E-state index contributed by atoms with van der Waals surface area (Å²) >= 11 is 0. The molecule has 1 aliphatic heterocycles. The molecular formula is C11H16N2O3. The van der Waals surface area contributed by atoms with Crippen LogP contribution in [0, 0.1) is 10.8 Å².